The quantitative estimate of drug-likeness (QED) is 0.172. The van der Waals surface area contributed by atoms with Crippen LogP contribution < -0.4 is 5.32 Å². The van der Waals surface area contributed by atoms with Crippen molar-refractivity contribution in [2.45, 2.75) is 26.1 Å². The third-order valence-corrected chi connectivity index (χ3v) is 5.50. The third kappa shape index (κ3) is 8.40. The zero-order valence-corrected chi connectivity index (χ0v) is 20.8. The second kappa shape index (κ2) is 13.7. The van der Waals surface area contributed by atoms with Crippen molar-refractivity contribution >= 4 is 23.7 Å². The van der Waals surface area contributed by atoms with Crippen LogP contribution >= 0.6 is 0 Å². The molecule has 1 atom stereocenters. The van der Waals surface area contributed by atoms with Crippen LogP contribution in [0.25, 0.3) is 0 Å². The van der Waals surface area contributed by atoms with Crippen LogP contribution in [0.2, 0.25) is 0 Å². The van der Waals surface area contributed by atoms with Crippen molar-refractivity contribution in [3.05, 3.63) is 107 Å². The summed E-state index contributed by atoms with van der Waals surface area (Å²) in [5.41, 5.74) is 3.04. The van der Waals surface area contributed by atoms with E-state index in [-0.39, 0.29) is 19.1 Å². The van der Waals surface area contributed by atoms with Crippen molar-refractivity contribution in [1.29, 1.82) is 0 Å². The summed E-state index contributed by atoms with van der Waals surface area (Å²) in [6, 6.07) is 22.6. The largest absolute Gasteiger partial charge is 0.465 e. The molecule has 0 aliphatic heterocycles. The smallest absolute Gasteiger partial charge is 0.337 e. The molecule has 192 valence electrons. The Morgan fingerprint density at radius 2 is 1.46 bits per heavy atom. The highest BCUT2D eigenvalue weighted by atomic mass is 16.5. The van der Waals surface area contributed by atoms with Crippen LogP contribution in [0.5, 0.6) is 0 Å². The predicted octanol–water partition coefficient (Wildman–Crippen LogP) is 3.84. The lowest BCUT2D eigenvalue weighted by molar-refractivity contribution is -0.145. The molecule has 8 heteroatoms. The van der Waals surface area contributed by atoms with Gasteiger partial charge >= 0.3 is 17.9 Å². The fourth-order valence-corrected chi connectivity index (χ4v) is 3.55. The summed E-state index contributed by atoms with van der Waals surface area (Å²) in [7, 11) is 1.28. The Bertz CT molecular complexity index is 1210. The summed E-state index contributed by atoms with van der Waals surface area (Å²) in [5, 5.41) is 3.06. The van der Waals surface area contributed by atoms with E-state index in [4.69, 9.17) is 9.47 Å². The Morgan fingerprint density at radius 3 is 2.08 bits per heavy atom. The molecule has 37 heavy (non-hydrogen) atoms. The zero-order valence-electron chi connectivity index (χ0n) is 20.8. The van der Waals surface area contributed by atoms with Crippen molar-refractivity contribution in [1.82, 2.24) is 5.32 Å². The molecule has 0 heterocycles. The summed E-state index contributed by atoms with van der Waals surface area (Å²) in [4.78, 5) is 48.3. The number of rotatable bonds is 12. The van der Waals surface area contributed by atoms with Gasteiger partial charge in [-0.15, -0.1) is 0 Å². The molecule has 0 spiro atoms. The normalized spacial score (nSPS) is 11.3. The van der Waals surface area contributed by atoms with Crippen molar-refractivity contribution in [3.8, 4) is 0 Å². The minimum Gasteiger partial charge on any atom is -0.465 e. The van der Waals surface area contributed by atoms with E-state index in [2.05, 4.69) is 10.1 Å². The molecule has 3 aromatic rings. The van der Waals surface area contributed by atoms with Gasteiger partial charge in [-0.3, -0.25) is 14.4 Å². The highest BCUT2D eigenvalue weighted by Crippen LogP contribution is 2.24. The number of ether oxygens (including phenoxy) is 3. The number of hydrogen-bond acceptors (Lipinski definition) is 8. The minimum atomic E-state index is -1.12. The van der Waals surface area contributed by atoms with Crippen LogP contribution in [0.1, 0.15) is 50.4 Å². The van der Waals surface area contributed by atoms with Crippen molar-refractivity contribution in [2.24, 2.45) is 0 Å². The second-order valence-electron chi connectivity index (χ2n) is 8.24. The topological polar surface area (TPSA) is 108 Å². The van der Waals surface area contributed by atoms with Gasteiger partial charge in [0.1, 0.15) is 6.61 Å². The van der Waals surface area contributed by atoms with Crippen molar-refractivity contribution in [2.75, 3.05) is 20.2 Å². The molecule has 0 saturated heterocycles. The van der Waals surface area contributed by atoms with Crippen LogP contribution in [0, 0.1) is 0 Å². The average molecular weight is 504 g/mol. The highest BCUT2D eigenvalue weighted by molar-refractivity contribution is 6.01. The predicted molar refractivity (Wildman–Crippen MR) is 136 cm³/mol. The molecule has 1 N–H and O–H groups in total. The monoisotopic (exact) mass is 503 g/mol. The Hall–Kier alpha value is -4.30. The molecule has 0 aliphatic rings. The summed E-state index contributed by atoms with van der Waals surface area (Å²) in [6.45, 7) is 2.13. The Morgan fingerprint density at radius 1 is 0.811 bits per heavy atom. The fraction of sp³-hybridized carbons (Fsp3) is 0.241. The molecule has 0 bridgehead atoms. The van der Waals surface area contributed by atoms with Gasteiger partial charge in [0.15, 0.2) is 6.10 Å². The Kier molecular flexibility index (Phi) is 10.1. The van der Waals surface area contributed by atoms with Gasteiger partial charge in [-0.2, -0.15) is 0 Å². The maximum atomic E-state index is 13.1. The number of esters is 3. The molecule has 0 radical (unpaired) electrons. The molecule has 0 amide bonds. The second-order valence-corrected chi connectivity index (χ2v) is 8.24. The molecule has 0 saturated carbocycles. The minimum absolute atomic E-state index is 0.0999. The van der Waals surface area contributed by atoms with E-state index in [1.165, 1.54) is 38.3 Å². The van der Waals surface area contributed by atoms with Gasteiger partial charge in [-0.1, -0.05) is 66.7 Å². The van der Waals surface area contributed by atoms with Gasteiger partial charge in [0.05, 0.1) is 19.2 Å². The zero-order chi connectivity index (χ0) is 26.6. The number of Topliss-reactive ketones (excluding diaryl/α,β-unsaturated/α-hetero) is 1. The van der Waals surface area contributed by atoms with Crippen LogP contribution in [0.3, 0.4) is 0 Å². The number of nitrogens with one attached hydrogen (secondary N) is 1. The first-order valence-electron chi connectivity index (χ1n) is 11.8. The summed E-state index contributed by atoms with van der Waals surface area (Å²) in [5.74, 6) is -1.83. The number of carbonyl (C=O) groups is 4. The lowest BCUT2D eigenvalue weighted by atomic mass is 9.97. The average Bonchev–Trinajstić information content (AvgIpc) is 2.93. The van der Waals surface area contributed by atoms with E-state index in [9.17, 15) is 19.2 Å². The van der Waals surface area contributed by atoms with Crippen LogP contribution in [0.15, 0.2) is 78.9 Å². The third-order valence-electron chi connectivity index (χ3n) is 5.50. The number of benzene rings is 3. The summed E-state index contributed by atoms with van der Waals surface area (Å²) in [6.07, 6.45) is -0.471. The fourth-order valence-electron chi connectivity index (χ4n) is 3.55. The van der Waals surface area contributed by atoms with Gasteiger partial charge in [-0.05, 0) is 36.2 Å². The number of hydrogen-bond donors (Lipinski definition) is 1. The van der Waals surface area contributed by atoms with E-state index in [1.54, 1.807) is 12.1 Å². The van der Waals surface area contributed by atoms with Gasteiger partial charge in [0.25, 0.3) is 0 Å². The van der Waals surface area contributed by atoms with E-state index >= 15 is 0 Å². The first-order valence-corrected chi connectivity index (χ1v) is 11.8. The van der Waals surface area contributed by atoms with Crippen LogP contribution in [-0.4, -0.2) is 43.9 Å². The van der Waals surface area contributed by atoms with Crippen LogP contribution in [-0.2, 0) is 36.8 Å². The number of methoxy groups -OCH3 is 1. The lowest BCUT2D eigenvalue weighted by Crippen LogP contribution is -2.26. The summed E-state index contributed by atoms with van der Waals surface area (Å²) < 4.78 is 15.2. The van der Waals surface area contributed by atoms with Gasteiger partial charge in [-0.25, -0.2) is 4.79 Å². The molecule has 3 aromatic carbocycles. The van der Waals surface area contributed by atoms with Gasteiger partial charge in [0, 0.05) is 18.1 Å². The van der Waals surface area contributed by atoms with E-state index in [1.807, 2.05) is 42.5 Å². The molecule has 8 nitrogen and oxygen atoms in total. The first-order chi connectivity index (χ1) is 17.9. The molecule has 3 rings (SSSR count). The lowest BCUT2D eigenvalue weighted by Gasteiger charge is -2.17. The van der Waals surface area contributed by atoms with E-state index < -0.39 is 23.8 Å². The molecular formula is C29H29NO7. The molecule has 0 aliphatic carbocycles. The van der Waals surface area contributed by atoms with E-state index in [0.717, 1.165) is 11.1 Å². The number of ketones is 1. The standard InChI is InChI=1S/C29H29NO7/c1-20(31)37-28(27(33)23-12-14-25(15-13-23)29(34)35-2)24-10-8-21(9-11-24)16-17-30-18-26(32)36-19-22-6-4-3-5-7-22/h3-15,28,30H,16-19H2,1-2H3. The highest BCUT2D eigenvalue weighted by Gasteiger charge is 2.25. The van der Waals surface area contributed by atoms with Crippen molar-refractivity contribution in [3.63, 3.8) is 0 Å². The maximum absolute atomic E-state index is 13.1. The van der Waals surface area contributed by atoms with Crippen molar-refractivity contribution < 1.29 is 33.4 Å². The van der Waals surface area contributed by atoms with Gasteiger partial charge < -0.3 is 19.5 Å². The SMILES string of the molecule is COC(=O)c1ccc(C(=O)C(OC(C)=O)c2ccc(CCNCC(=O)OCc3ccccc3)cc2)cc1. The molecule has 1 unspecified atom stereocenters. The van der Waals surface area contributed by atoms with Gasteiger partial charge in [0.2, 0.25) is 5.78 Å². The first kappa shape index (κ1) is 27.3. The Labute approximate surface area is 215 Å². The maximum Gasteiger partial charge on any atom is 0.337 e. The number of carbonyl (C=O) groups excluding carboxylic acids is 4. The summed E-state index contributed by atoms with van der Waals surface area (Å²) >= 11 is 0. The van der Waals surface area contributed by atoms with Crippen LogP contribution in [0.4, 0.5) is 0 Å². The molecule has 0 fully saturated rings. The molecule has 0 aromatic heterocycles. The van der Waals surface area contributed by atoms with E-state index in [0.29, 0.717) is 29.7 Å². The molecular weight excluding hydrogens is 474 g/mol. The Balaban J connectivity index is 1.53.